The molecule has 2 aromatic carbocycles. The summed E-state index contributed by atoms with van der Waals surface area (Å²) in [5.41, 5.74) is 2.06. The molecule has 1 aliphatic heterocycles. The number of ether oxygens (including phenoxy) is 4. The number of nitrogens with zero attached hydrogens (tertiary/aromatic N) is 4. The van der Waals surface area contributed by atoms with Gasteiger partial charge in [0, 0.05) is 22.8 Å². The number of hydrogen-bond acceptors (Lipinski definition) is 9. The first-order valence-electron chi connectivity index (χ1n) is 9.39. The van der Waals surface area contributed by atoms with E-state index >= 15 is 0 Å². The van der Waals surface area contributed by atoms with Crippen LogP contribution < -0.4 is 18.9 Å². The van der Waals surface area contributed by atoms with Crippen molar-refractivity contribution in [3.63, 3.8) is 0 Å². The van der Waals surface area contributed by atoms with Gasteiger partial charge in [-0.15, -0.1) is 22.0 Å². The van der Waals surface area contributed by atoms with Crippen LogP contribution in [0.2, 0.25) is 0 Å². The molecule has 10 heteroatoms. The Kier molecular flexibility index (Phi) is 6.57. The van der Waals surface area contributed by atoms with Gasteiger partial charge in [-0.3, -0.25) is 0 Å². The fourth-order valence-corrected chi connectivity index (χ4v) is 4.34. The predicted molar refractivity (Wildman–Crippen MR) is 121 cm³/mol. The molecule has 1 aliphatic rings. The molecule has 0 saturated heterocycles. The average molecular weight is 459 g/mol. The number of hydrogen-bond donors (Lipinski definition) is 0. The molecule has 0 amide bonds. The quantitative estimate of drug-likeness (QED) is 0.469. The van der Waals surface area contributed by atoms with Crippen LogP contribution in [0.4, 0.5) is 0 Å². The Bertz CT molecular complexity index is 1070. The molecule has 0 N–H and O–H groups in total. The lowest BCUT2D eigenvalue weighted by Crippen LogP contribution is -2.15. The molecule has 3 aromatic rings. The van der Waals surface area contributed by atoms with E-state index in [0.29, 0.717) is 28.8 Å². The monoisotopic (exact) mass is 458 g/mol. The van der Waals surface area contributed by atoms with E-state index in [4.69, 9.17) is 24.0 Å². The molecule has 0 bridgehead atoms. The lowest BCUT2D eigenvalue weighted by molar-refractivity contribution is 0.279. The molecule has 0 spiro atoms. The number of aromatic nitrogens is 3. The molecular weight excluding hydrogens is 436 g/mol. The van der Waals surface area contributed by atoms with E-state index in [0.717, 1.165) is 22.2 Å². The van der Waals surface area contributed by atoms with E-state index < -0.39 is 0 Å². The van der Waals surface area contributed by atoms with E-state index in [9.17, 15) is 0 Å². The molecule has 1 aromatic heterocycles. The summed E-state index contributed by atoms with van der Waals surface area (Å²) in [7, 11) is 4.69. The molecule has 2 heterocycles. The van der Waals surface area contributed by atoms with Crippen LogP contribution in [0.1, 0.15) is 11.4 Å². The minimum Gasteiger partial charge on any atom is -0.493 e. The highest BCUT2D eigenvalue weighted by atomic mass is 32.2. The van der Waals surface area contributed by atoms with E-state index in [1.54, 1.807) is 61.7 Å². The van der Waals surface area contributed by atoms with Gasteiger partial charge in [-0.1, -0.05) is 23.9 Å². The smallest absolute Gasteiger partial charge is 0.212 e. The van der Waals surface area contributed by atoms with Gasteiger partial charge in [0.05, 0.1) is 27.0 Å². The van der Waals surface area contributed by atoms with Crippen molar-refractivity contribution >= 4 is 29.2 Å². The van der Waals surface area contributed by atoms with E-state index in [-0.39, 0.29) is 6.61 Å². The van der Waals surface area contributed by atoms with Crippen LogP contribution >= 0.6 is 23.5 Å². The maximum atomic E-state index is 5.95. The highest BCUT2D eigenvalue weighted by Crippen LogP contribution is 2.41. The van der Waals surface area contributed by atoms with Crippen molar-refractivity contribution in [1.29, 1.82) is 0 Å². The molecule has 8 nitrogen and oxygen atoms in total. The SMILES string of the molecule is COc1cc(OCc2nnc3n2N=C(c2ccc(SC)cc2)CS3)cc(OC)c1OC. The first kappa shape index (κ1) is 21.4. The standard InChI is InChI=1S/C21H22N4O4S2/c1-26-17-9-14(10-18(27-2)20(17)28-3)29-11-19-22-23-21-25(19)24-16(12-31-21)13-5-7-15(30-4)8-6-13/h5-10H,11-12H2,1-4H3. The third-order valence-electron chi connectivity index (χ3n) is 4.66. The molecule has 0 atom stereocenters. The molecule has 0 unspecified atom stereocenters. The molecule has 0 radical (unpaired) electrons. The average Bonchev–Trinajstić information content (AvgIpc) is 3.24. The van der Waals surface area contributed by atoms with Crippen LogP contribution in [0.3, 0.4) is 0 Å². The van der Waals surface area contributed by atoms with Gasteiger partial charge in [-0.2, -0.15) is 9.78 Å². The second-order valence-corrected chi connectivity index (χ2v) is 8.25. The molecule has 31 heavy (non-hydrogen) atoms. The van der Waals surface area contributed by atoms with Crippen LogP contribution in [0, 0.1) is 0 Å². The van der Waals surface area contributed by atoms with E-state index in [1.807, 2.05) is 0 Å². The maximum Gasteiger partial charge on any atom is 0.212 e. The summed E-state index contributed by atoms with van der Waals surface area (Å²) in [4.78, 5) is 1.22. The van der Waals surface area contributed by atoms with E-state index in [2.05, 4.69) is 40.7 Å². The number of benzene rings is 2. The maximum absolute atomic E-state index is 5.95. The second-order valence-electron chi connectivity index (χ2n) is 6.42. The Balaban J connectivity index is 1.56. The summed E-state index contributed by atoms with van der Waals surface area (Å²) in [6.45, 7) is 0.189. The van der Waals surface area contributed by atoms with Crippen molar-refractivity contribution in [3.05, 3.63) is 47.8 Å². The van der Waals surface area contributed by atoms with Crippen molar-refractivity contribution in [1.82, 2.24) is 14.9 Å². The minimum atomic E-state index is 0.189. The zero-order valence-electron chi connectivity index (χ0n) is 17.6. The van der Waals surface area contributed by atoms with Gasteiger partial charge in [0.15, 0.2) is 17.3 Å². The molecule has 0 fully saturated rings. The van der Waals surface area contributed by atoms with Crippen LogP contribution in [-0.2, 0) is 6.61 Å². The molecule has 0 aliphatic carbocycles. The third-order valence-corrected chi connectivity index (χ3v) is 6.34. The fraction of sp³-hybridized carbons (Fsp3) is 0.286. The first-order chi connectivity index (χ1) is 15.2. The lowest BCUT2D eigenvalue weighted by atomic mass is 10.1. The molecule has 162 valence electrons. The van der Waals surface area contributed by atoms with Crippen molar-refractivity contribution in [2.45, 2.75) is 16.7 Å². The van der Waals surface area contributed by atoms with Crippen LogP contribution in [0.15, 0.2) is 51.6 Å². The number of thioether (sulfide) groups is 2. The van der Waals surface area contributed by atoms with E-state index in [1.165, 1.54) is 4.90 Å². The zero-order valence-corrected chi connectivity index (χ0v) is 19.2. The topological polar surface area (TPSA) is 80.0 Å². The largest absolute Gasteiger partial charge is 0.493 e. The van der Waals surface area contributed by atoms with Gasteiger partial charge in [-0.05, 0) is 24.0 Å². The Labute approximate surface area is 188 Å². The Morgan fingerprint density at radius 2 is 1.71 bits per heavy atom. The van der Waals surface area contributed by atoms with Crippen LogP contribution in [0.5, 0.6) is 23.0 Å². The van der Waals surface area contributed by atoms with Gasteiger partial charge in [0.2, 0.25) is 10.9 Å². The van der Waals surface area contributed by atoms with Gasteiger partial charge < -0.3 is 18.9 Å². The zero-order chi connectivity index (χ0) is 21.8. The van der Waals surface area contributed by atoms with Gasteiger partial charge in [-0.25, -0.2) is 0 Å². The summed E-state index contributed by atoms with van der Waals surface area (Å²) in [6, 6.07) is 11.9. The number of methoxy groups -OCH3 is 3. The highest BCUT2D eigenvalue weighted by Gasteiger charge is 2.21. The van der Waals surface area contributed by atoms with Gasteiger partial charge in [0.1, 0.15) is 12.4 Å². The molecule has 4 rings (SSSR count). The van der Waals surface area contributed by atoms with Crippen LogP contribution in [0.25, 0.3) is 0 Å². The van der Waals surface area contributed by atoms with Gasteiger partial charge >= 0.3 is 0 Å². The van der Waals surface area contributed by atoms with Gasteiger partial charge in [0.25, 0.3) is 0 Å². The summed E-state index contributed by atoms with van der Waals surface area (Å²) >= 11 is 3.32. The third kappa shape index (κ3) is 4.45. The Hall–Kier alpha value is -2.85. The summed E-state index contributed by atoms with van der Waals surface area (Å²) in [5.74, 6) is 3.45. The molecule has 0 saturated carbocycles. The second kappa shape index (κ2) is 9.52. The van der Waals surface area contributed by atoms with Crippen molar-refractivity contribution < 1.29 is 18.9 Å². The number of fused-ring (bicyclic) bond motifs is 1. The molecular formula is C21H22N4O4S2. The number of rotatable bonds is 8. The Morgan fingerprint density at radius 1 is 1.00 bits per heavy atom. The highest BCUT2D eigenvalue weighted by molar-refractivity contribution is 8.00. The summed E-state index contributed by atoms with van der Waals surface area (Å²) in [6.07, 6.45) is 2.06. The first-order valence-corrected chi connectivity index (χ1v) is 11.6. The Morgan fingerprint density at radius 3 is 2.32 bits per heavy atom. The minimum absolute atomic E-state index is 0.189. The van der Waals surface area contributed by atoms with Crippen molar-refractivity contribution in [3.8, 4) is 23.0 Å². The van der Waals surface area contributed by atoms with Crippen molar-refractivity contribution in [2.24, 2.45) is 5.10 Å². The van der Waals surface area contributed by atoms with Crippen LogP contribution in [-0.4, -0.2) is 53.9 Å². The lowest BCUT2D eigenvalue weighted by Gasteiger charge is -2.16. The fourth-order valence-electron chi connectivity index (χ4n) is 3.07. The normalized spacial score (nSPS) is 12.7. The van der Waals surface area contributed by atoms with Crippen molar-refractivity contribution in [2.75, 3.05) is 33.3 Å². The summed E-state index contributed by atoms with van der Waals surface area (Å²) in [5, 5.41) is 14.0. The summed E-state index contributed by atoms with van der Waals surface area (Å²) < 4.78 is 23.8. The predicted octanol–water partition coefficient (Wildman–Crippen LogP) is 3.96.